The van der Waals surface area contributed by atoms with Crippen LogP contribution in [0.15, 0.2) is 92.9 Å². The zero-order valence-electron chi connectivity index (χ0n) is 31.8. The number of carbonyl (C=O) groups is 4. The fourth-order valence-corrected chi connectivity index (χ4v) is 8.16. The maximum Gasteiger partial charge on any atom is 0.341 e. The van der Waals surface area contributed by atoms with Crippen molar-refractivity contribution in [2.75, 3.05) is 14.2 Å². The molecule has 1 fully saturated rings. The van der Waals surface area contributed by atoms with Gasteiger partial charge in [0.2, 0.25) is 0 Å². The first-order valence-electron chi connectivity index (χ1n) is 18.0. The van der Waals surface area contributed by atoms with Crippen LogP contribution in [0.5, 0.6) is 0 Å². The van der Waals surface area contributed by atoms with E-state index in [4.69, 9.17) is 27.8 Å². The largest absolute Gasteiger partial charge is 0.465 e. The van der Waals surface area contributed by atoms with Crippen molar-refractivity contribution in [2.45, 2.75) is 88.9 Å². The highest BCUT2D eigenvalue weighted by molar-refractivity contribution is 5.95. The van der Waals surface area contributed by atoms with E-state index in [0.717, 1.165) is 0 Å². The number of hydrogen-bond acceptors (Lipinski definition) is 13. The van der Waals surface area contributed by atoms with Gasteiger partial charge in [0.15, 0.2) is 0 Å². The molecular weight excluding hydrogens is 710 g/mol. The van der Waals surface area contributed by atoms with Gasteiger partial charge in [0.05, 0.1) is 61.5 Å². The molecule has 6 heterocycles. The third kappa shape index (κ3) is 7.07. The number of aliphatic hydroxyl groups is 2. The van der Waals surface area contributed by atoms with Crippen LogP contribution in [0.1, 0.15) is 83.3 Å². The van der Waals surface area contributed by atoms with Crippen LogP contribution in [0, 0.1) is 11.8 Å². The summed E-state index contributed by atoms with van der Waals surface area (Å²) >= 11 is 0. The van der Waals surface area contributed by atoms with Gasteiger partial charge in [-0.3, -0.25) is 5.32 Å². The number of carbonyl (C=O) groups excluding carboxylic acids is 4. The van der Waals surface area contributed by atoms with E-state index >= 15 is 0 Å². The second-order valence-electron chi connectivity index (χ2n) is 15.0. The van der Waals surface area contributed by atoms with Crippen LogP contribution in [0.25, 0.3) is 0 Å². The Morgan fingerprint density at radius 1 is 0.709 bits per heavy atom. The van der Waals surface area contributed by atoms with Gasteiger partial charge in [-0.1, -0.05) is 48.6 Å². The maximum absolute atomic E-state index is 13.9. The van der Waals surface area contributed by atoms with Crippen molar-refractivity contribution < 1.29 is 57.2 Å². The fourth-order valence-electron chi connectivity index (χ4n) is 8.16. The molecule has 0 aromatic carbocycles. The van der Waals surface area contributed by atoms with Crippen LogP contribution in [0.4, 0.5) is 0 Å². The average molecular weight is 758 g/mol. The number of aliphatic hydroxyl groups excluding tert-OH is 2. The third-order valence-corrected chi connectivity index (χ3v) is 11.1. The molecule has 2 aromatic rings. The lowest BCUT2D eigenvalue weighted by molar-refractivity contribution is -0.141. The van der Waals surface area contributed by atoms with Gasteiger partial charge < -0.3 is 38.0 Å². The number of fused-ring (bicyclic) bond motifs is 7. The van der Waals surface area contributed by atoms with E-state index in [1.54, 1.807) is 39.8 Å². The maximum atomic E-state index is 13.9. The zero-order valence-corrected chi connectivity index (χ0v) is 31.8. The van der Waals surface area contributed by atoms with Gasteiger partial charge in [-0.2, -0.15) is 0 Å². The molecule has 13 heteroatoms. The standard InChI is InChI=1S/C42H47NO12/c1-17(2)21-12-28-24(40(47)51-10)15-32(53-28)34(20(7)8)38-36(25(11-27(21)44)42(49)55-38)43-35-26-16-31(54-41(26)48)33(19(5)6)30-14-23(39(46)50-9)29(52-30)13-22(18(3)4)37(35)45/h11,14-16,21-22,27,31,33-38,43-45H,1,3,5,7,12-13H2,2,4,6,8-10H3/b25-11+/t21?,22?,27-,31-,33+,34+,35+,36-,37-,38-/m1/s1. The van der Waals surface area contributed by atoms with E-state index in [9.17, 15) is 29.4 Å². The van der Waals surface area contributed by atoms with Gasteiger partial charge in [0.25, 0.3) is 0 Å². The van der Waals surface area contributed by atoms with E-state index in [2.05, 4.69) is 31.6 Å². The number of methoxy groups -OCH3 is 2. The van der Waals surface area contributed by atoms with E-state index in [1.165, 1.54) is 26.4 Å². The van der Waals surface area contributed by atoms with Crippen LogP contribution >= 0.6 is 0 Å². The van der Waals surface area contributed by atoms with Gasteiger partial charge in [-0.25, -0.2) is 19.2 Å². The fraction of sp³-hybridized carbons (Fsp3) is 0.429. The van der Waals surface area contributed by atoms with Crippen molar-refractivity contribution >= 4 is 23.9 Å². The Kier molecular flexibility index (Phi) is 10.8. The van der Waals surface area contributed by atoms with Crippen LogP contribution in [-0.2, 0) is 41.4 Å². The average Bonchev–Trinajstić information content (AvgIpc) is 3.88. The molecule has 4 aliphatic heterocycles. The molecule has 0 radical (unpaired) electrons. The lowest BCUT2D eigenvalue weighted by atomic mass is 9.80. The summed E-state index contributed by atoms with van der Waals surface area (Å²) in [6, 6.07) is 0.710. The molecule has 4 aliphatic rings. The minimum Gasteiger partial charge on any atom is -0.465 e. The summed E-state index contributed by atoms with van der Waals surface area (Å²) in [6.45, 7) is 23.4. The molecule has 0 aliphatic carbocycles. The van der Waals surface area contributed by atoms with Crippen LogP contribution in [0.3, 0.4) is 0 Å². The number of hydrogen-bond donors (Lipinski definition) is 3. The normalized spacial score (nSPS) is 31.0. The summed E-state index contributed by atoms with van der Waals surface area (Å²) in [5.74, 6) is -4.87. The van der Waals surface area contributed by atoms with E-state index in [1.807, 2.05) is 0 Å². The molecule has 8 bridgehead atoms. The molecule has 0 saturated carbocycles. The molecule has 2 unspecified atom stereocenters. The number of nitrogens with one attached hydrogen (secondary N) is 1. The summed E-state index contributed by atoms with van der Waals surface area (Å²) in [4.78, 5) is 53.8. The molecule has 13 nitrogen and oxygen atoms in total. The summed E-state index contributed by atoms with van der Waals surface area (Å²) in [5.41, 5.74) is 2.51. The van der Waals surface area contributed by atoms with Crippen molar-refractivity contribution in [1.82, 2.24) is 5.32 Å². The van der Waals surface area contributed by atoms with Crippen molar-refractivity contribution in [2.24, 2.45) is 11.8 Å². The third-order valence-electron chi connectivity index (χ3n) is 11.1. The summed E-state index contributed by atoms with van der Waals surface area (Å²) in [6.07, 6.45) is -1.81. The Morgan fingerprint density at radius 3 is 1.71 bits per heavy atom. The molecule has 0 spiro atoms. The molecule has 2 aromatic heterocycles. The molecule has 6 rings (SSSR count). The number of furan rings is 2. The highest BCUT2D eigenvalue weighted by atomic mass is 16.6. The second-order valence-corrected chi connectivity index (χ2v) is 15.0. The van der Waals surface area contributed by atoms with Gasteiger partial charge in [-0.15, -0.1) is 0 Å². The summed E-state index contributed by atoms with van der Waals surface area (Å²) in [7, 11) is 2.49. The highest BCUT2D eigenvalue weighted by Crippen LogP contribution is 2.43. The monoisotopic (exact) mass is 757 g/mol. The molecule has 1 saturated heterocycles. The predicted molar refractivity (Wildman–Crippen MR) is 198 cm³/mol. The Labute approximate surface area is 319 Å². The quantitative estimate of drug-likeness (QED) is 0.191. The Morgan fingerprint density at radius 2 is 1.20 bits per heavy atom. The first-order chi connectivity index (χ1) is 26.0. The minimum absolute atomic E-state index is 0.0138. The molecular formula is C42H47NO12. The number of esters is 4. The van der Waals surface area contributed by atoms with E-state index in [0.29, 0.717) is 28.1 Å². The molecule has 0 amide bonds. The SMILES string of the molecule is C=C(C)C1Cc2oc(cc2C(=O)OC)[C@H](C(=C)C)[C@H]2OC(=O)/C(=C/[C@H]1O)[C@H]2N[C@H]1C2=C[C@@H](OC2=O)[C@@H](C(=C)C)c2cc(C(=O)OC)c(o2)CC(C(=C)C)[C@H]1O. The summed E-state index contributed by atoms with van der Waals surface area (Å²) < 4.78 is 34.7. The summed E-state index contributed by atoms with van der Waals surface area (Å²) in [5, 5.41) is 27.5. The molecule has 10 atom stereocenters. The van der Waals surface area contributed by atoms with Crippen LogP contribution in [0.2, 0.25) is 0 Å². The zero-order chi connectivity index (χ0) is 40.2. The van der Waals surface area contributed by atoms with Gasteiger partial charge >= 0.3 is 23.9 Å². The van der Waals surface area contributed by atoms with Crippen molar-refractivity contribution in [3.8, 4) is 0 Å². The minimum atomic E-state index is -1.44. The Bertz CT molecular complexity index is 2060. The lowest BCUT2D eigenvalue weighted by Crippen LogP contribution is -2.54. The number of ether oxygens (including phenoxy) is 4. The molecule has 55 heavy (non-hydrogen) atoms. The van der Waals surface area contributed by atoms with E-state index < -0.39 is 84.0 Å². The van der Waals surface area contributed by atoms with Crippen molar-refractivity contribution in [1.29, 1.82) is 0 Å². The molecule has 3 N–H and O–H groups in total. The Balaban J connectivity index is 1.55. The van der Waals surface area contributed by atoms with Gasteiger partial charge in [-0.05, 0) is 52.0 Å². The van der Waals surface area contributed by atoms with Crippen molar-refractivity contribution in [3.63, 3.8) is 0 Å². The first-order valence-corrected chi connectivity index (χ1v) is 18.0. The van der Waals surface area contributed by atoms with Crippen LogP contribution in [-0.4, -0.2) is 84.8 Å². The van der Waals surface area contributed by atoms with Gasteiger partial charge in [0, 0.05) is 24.7 Å². The van der Waals surface area contributed by atoms with Crippen molar-refractivity contribution in [3.05, 3.63) is 118 Å². The van der Waals surface area contributed by atoms with E-state index in [-0.39, 0.29) is 52.4 Å². The first kappa shape index (κ1) is 39.5. The smallest absolute Gasteiger partial charge is 0.341 e. The Hall–Kier alpha value is -5.24. The number of rotatable bonds is 8. The predicted octanol–water partition coefficient (Wildman–Crippen LogP) is 4.71. The van der Waals surface area contributed by atoms with Crippen LogP contribution < -0.4 is 5.32 Å². The molecule has 292 valence electrons. The lowest BCUT2D eigenvalue weighted by Gasteiger charge is -2.35. The second kappa shape index (κ2) is 15.1. The highest BCUT2D eigenvalue weighted by Gasteiger charge is 2.51. The topological polar surface area (TPSA) is 184 Å². The van der Waals surface area contributed by atoms with Gasteiger partial charge in [0.1, 0.15) is 46.4 Å².